The molecule has 9 heteroatoms. The molecule has 0 amide bonds. The Morgan fingerprint density at radius 1 is 1.26 bits per heavy atom. The summed E-state index contributed by atoms with van der Waals surface area (Å²) in [7, 11) is -3.63. The third-order valence-electron chi connectivity index (χ3n) is 2.80. The Morgan fingerprint density at radius 3 is 2.84 bits per heavy atom. The van der Waals surface area contributed by atoms with Gasteiger partial charge >= 0.3 is 0 Å². The van der Waals surface area contributed by atoms with Crippen molar-refractivity contribution in [1.29, 1.82) is 0 Å². The Labute approximate surface area is 114 Å². The highest BCUT2D eigenvalue weighted by Gasteiger charge is 2.23. The van der Waals surface area contributed by atoms with Gasteiger partial charge in [0, 0.05) is 13.1 Å². The zero-order valence-corrected chi connectivity index (χ0v) is 11.6. The number of aromatic nitrogens is 2. The van der Waals surface area contributed by atoms with E-state index in [9.17, 15) is 8.42 Å². The van der Waals surface area contributed by atoms with Crippen LogP contribution in [-0.4, -0.2) is 48.5 Å². The average Bonchev–Trinajstić information content (AvgIpc) is 2.87. The van der Waals surface area contributed by atoms with E-state index in [1.165, 1.54) is 6.07 Å². The van der Waals surface area contributed by atoms with Gasteiger partial charge in [0.25, 0.3) is 10.0 Å². The Kier molecular flexibility index (Phi) is 3.46. The first-order valence-corrected chi connectivity index (χ1v) is 7.94. The molecule has 0 spiro atoms. The third kappa shape index (κ3) is 2.60. The van der Waals surface area contributed by atoms with E-state index >= 15 is 0 Å². The predicted molar refractivity (Wildman–Crippen MR) is 70.1 cm³/mol. The Hall–Kier alpha value is -1.13. The molecule has 0 radical (unpaired) electrons. The number of hydrogen-bond donors (Lipinski definition) is 1. The van der Waals surface area contributed by atoms with Crippen molar-refractivity contribution in [2.75, 3.05) is 26.3 Å². The summed E-state index contributed by atoms with van der Waals surface area (Å²) < 4.78 is 38.0. The van der Waals surface area contributed by atoms with Crippen molar-refractivity contribution >= 4 is 32.8 Å². The molecule has 7 nitrogen and oxygen atoms in total. The van der Waals surface area contributed by atoms with Crippen molar-refractivity contribution in [3.63, 3.8) is 0 Å². The first-order chi connectivity index (χ1) is 9.17. The molecule has 0 aliphatic carbocycles. The van der Waals surface area contributed by atoms with Gasteiger partial charge in [0.2, 0.25) is 0 Å². The number of fused-ring (bicyclic) bond motifs is 1. The van der Waals surface area contributed by atoms with Crippen molar-refractivity contribution in [1.82, 2.24) is 18.6 Å². The van der Waals surface area contributed by atoms with Gasteiger partial charge in [-0.25, -0.2) is 13.4 Å². The lowest BCUT2D eigenvalue weighted by Crippen LogP contribution is -2.48. The maximum Gasteiger partial charge on any atom is 0.255 e. The van der Waals surface area contributed by atoms with Crippen LogP contribution in [0.3, 0.4) is 0 Å². The molecular formula is C10H12N4O3S2. The number of nitrogens with one attached hydrogen (secondary N) is 1. The highest BCUT2D eigenvalue weighted by Crippen LogP contribution is 2.21. The molecule has 1 aromatic carbocycles. The number of hydrogen-bond acceptors (Lipinski definition) is 7. The molecule has 1 saturated heterocycles. The Bertz CT molecular complexity index is 679. The molecule has 1 aromatic heterocycles. The maximum absolute atomic E-state index is 12.4. The van der Waals surface area contributed by atoms with E-state index in [-0.39, 0.29) is 4.90 Å². The summed E-state index contributed by atoms with van der Waals surface area (Å²) in [5.41, 5.74) is 1.00. The van der Waals surface area contributed by atoms with Crippen LogP contribution >= 0.6 is 11.7 Å². The van der Waals surface area contributed by atoms with Crippen LogP contribution in [0.4, 0.5) is 0 Å². The van der Waals surface area contributed by atoms with Crippen LogP contribution in [0.25, 0.3) is 11.0 Å². The molecule has 102 valence electrons. The molecule has 0 saturated carbocycles. The van der Waals surface area contributed by atoms with Crippen LogP contribution < -0.4 is 4.83 Å². The predicted octanol–water partition coefficient (Wildman–Crippen LogP) is 0.217. The summed E-state index contributed by atoms with van der Waals surface area (Å²) in [6.45, 7) is 2.10. The van der Waals surface area contributed by atoms with Gasteiger partial charge in [0.1, 0.15) is 15.9 Å². The minimum absolute atomic E-state index is 0.158. The largest absolute Gasteiger partial charge is 0.379 e. The average molecular weight is 300 g/mol. The lowest BCUT2D eigenvalue weighted by Gasteiger charge is -2.26. The maximum atomic E-state index is 12.4. The van der Waals surface area contributed by atoms with E-state index in [4.69, 9.17) is 4.74 Å². The van der Waals surface area contributed by atoms with Gasteiger partial charge < -0.3 is 4.74 Å². The van der Waals surface area contributed by atoms with E-state index in [0.717, 1.165) is 11.7 Å². The van der Waals surface area contributed by atoms with Gasteiger partial charge in [0.05, 0.1) is 24.9 Å². The lowest BCUT2D eigenvalue weighted by atomic mass is 10.3. The zero-order chi connectivity index (χ0) is 13.3. The van der Waals surface area contributed by atoms with Crippen molar-refractivity contribution in [3.05, 3.63) is 18.2 Å². The second-order valence-electron chi connectivity index (χ2n) is 4.08. The van der Waals surface area contributed by atoms with Gasteiger partial charge in [-0.05, 0) is 12.1 Å². The van der Waals surface area contributed by atoms with Gasteiger partial charge in [-0.15, -0.1) is 4.83 Å². The molecule has 1 N–H and O–H groups in total. The van der Waals surface area contributed by atoms with E-state index in [1.807, 2.05) is 0 Å². The number of nitrogens with zero attached hydrogens (tertiary/aromatic N) is 3. The number of sulfonamides is 1. The van der Waals surface area contributed by atoms with Crippen LogP contribution in [0.5, 0.6) is 0 Å². The second kappa shape index (κ2) is 5.10. The fourth-order valence-corrected chi connectivity index (χ4v) is 3.76. The molecule has 3 rings (SSSR count). The Balaban J connectivity index is 1.93. The molecule has 1 aliphatic heterocycles. The van der Waals surface area contributed by atoms with E-state index in [1.54, 1.807) is 17.1 Å². The zero-order valence-electron chi connectivity index (χ0n) is 9.94. The first-order valence-electron chi connectivity index (χ1n) is 5.73. The molecule has 2 heterocycles. The van der Waals surface area contributed by atoms with Crippen LogP contribution in [0.15, 0.2) is 23.1 Å². The first kappa shape index (κ1) is 12.9. The van der Waals surface area contributed by atoms with E-state index < -0.39 is 10.0 Å². The van der Waals surface area contributed by atoms with E-state index in [0.29, 0.717) is 37.3 Å². The van der Waals surface area contributed by atoms with Crippen molar-refractivity contribution < 1.29 is 13.2 Å². The van der Waals surface area contributed by atoms with Gasteiger partial charge in [-0.2, -0.15) is 8.75 Å². The van der Waals surface area contributed by atoms with Gasteiger partial charge in [-0.3, -0.25) is 0 Å². The fourth-order valence-electron chi connectivity index (χ4n) is 1.87. The second-order valence-corrected chi connectivity index (χ2v) is 6.24. The van der Waals surface area contributed by atoms with Gasteiger partial charge in [-0.1, -0.05) is 6.07 Å². The van der Waals surface area contributed by atoms with Crippen molar-refractivity contribution in [2.24, 2.45) is 0 Å². The molecule has 2 aromatic rings. The van der Waals surface area contributed by atoms with Crippen molar-refractivity contribution in [3.8, 4) is 0 Å². The van der Waals surface area contributed by atoms with Crippen LogP contribution in [-0.2, 0) is 14.8 Å². The minimum atomic E-state index is -3.63. The summed E-state index contributed by atoms with van der Waals surface area (Å²) in [4.78, 5) is 2.71. The highest BCUT2D eigenvalue weighted by atomic mass is 32.2. The summed E-state index contributed by atoms with van der Waals surface area (Å²) in [6.07, 6.45) is 0. The summed E-state index contributed by atoms with van der Waals surface area (Å²) in [5, 5.41) is 1.64. The molecular weight excluding hydrogens is 288 g/mol. The summed E-state index contributed by atoms with van der Waals surface area (Å²) in [5.74, 6) is 0. The number of rotatable bonds is 3. The number of hydrazine groups is 1. The number of morpholine rings is 1. The minimum Gasteiger partial charge on any atom is -0.379 e. The van der Waals surface area contributed by atoms with Gasteiger partial charge in [0.15, 0.2) is 0 Å². The van der Waals surface area contributed by atoms with Crippen LogP contribution in [0, 0.1) is 0 Å². The number of benzene rings is 1. The van der Waals surface area contributed by atoms with Crippen molar-refractivity contribution in [2.45, 2.75) is 4.90 Å². The van der Waals surface area contributed by atoms with Crippen LogP contribution in [0.2, 0.25) is 0 Å². The monoisotopic (exact) mass is 300 g/mol. The smallest absolute Gasteiger partial charge is 0.255 e. The standard InChI is InChI=1S/C10H12N4O3S2/c15-19(16,13-14-4-6-17-7-5-14)9-3-1-2-8-10(9)12-18-11-8/h1-3,13H,4-7H2. The molecule has 1 aliphatic rings. The van der Waals surface area contributed by atoms with E-state index in [2.05, 4.69) is 13.6 Å². The lowest BCUT2D eigenvalue weighted by molar-refractivity contribution is 0.0272. The SMILES string of the molecule is O=S(=O)(NN1CCOCC1)c1cccc2nsnc12. The molecule has 0 atom stereocenters. The normalized spacial score (nSPS) is 17.9. The summed E-state index contributed by atoms with van der Waals surface area (Å²) >= 11 is 1.00. The highest BCUT2D eigenvalue weighted by molar-refractivity contribution is 7.89. The fraction of sp³-hybridized carbons (Fsp3) is 0.400. The van der Waals surface area contributed by atoms with Crippen LogP contribution in [0.1, 0.15) is 0 Å². The topological polar surface area (TPSA) is 84.4 Å². The summed E-state index contributed by atoms with van der Waals surface area (Å²) in [6, 6.07) is 4.94. The molecule has 1 fully saturated rings. The quantitative estimate of drug-likeness (QED) is 0.873. The number of ether oxygens (including phenoxy) is 1. The molecule has 19 heavy (non-hydrogen) atoms. The molecule has 0 bridgehead atoms. The third-order valence-corrected chi connectivity index (χ3v) is 4.75. The molecule has 0 unspecified atom stereocenters. The Morgan fingerprint density at radius 2 is 2.05 bits per heavy atom.